The van der Waals surface area contributed by atoms with E-state index in [0.29, 0.717) is 0 Å². The van der Waals surface area contributed by atoms with Crippen LogP contribution in [0.1, 0.15) is 18.4 Å². The van der Waals surface area contributed by atoms with E-state index in [1.165, 1.54) is 6.07 Å². The van der Waals surface area contributed by atoms with Crippen molar-refractivity contribution in [3.63, 3.8) is 0 Å². The first-order valence-electron chi connectivity index (χ1n) is 5.91. The van der Waals surface area contributed by atoms with Crippen molar-refractivity contribution < 1.29 is 26.4 Å². The molecule has 1 aliphatic heterocycles. The third kappa shape index (κ3) is 2.85. The van der Waals surface area contributed by atoms with Crippen LogP contribution in [0.25, 0.3) is 0 Å². The van der Waals surface area contributed by atoms with Crippen molar-refractivity contribution in [3.05, 3.63) is 29.8 Å². The molecule has 110 valence electrons. The summed E-state index contributed by atoms with van der Waals surface area (Å²) < 4.78 is 64.1. The molecule has 1 aromatic carbocycles. The van der Waals surface area contributed by atoms with Gasteiger partial charge < -0.3 is 0 Å². The van der Waals surface area contributed by atoms with Crippen molar-refractivity contribution in [2.75, 3.05) is 13.1 Å². The summed E-state index contributed by atoms with van der Waals surface area (Å²) in [6.45, 7) is -0.152. The van der Waals surface area contributed by atoms with Crippen molar-refractivity contribution in [2.45, 2.75) is 23.9 Å². The van der Waals surface area contributed by atoms with Gasteiger partial charge in [0, 0.05) is 25.9 Å². The Morgan fingerprint density at radius 1 is 1.05 bits per heavy atom. The van der Waals surface area contributed by atoms with E-state index >= 15 is 0 Å². The van der Waals surface area contributed by atoms with Crippen LogP contribution in [0.2, 0.25) is 0 Å². The standard InChI is InChI=1S/C12H12F3NO3S/c13-12(14,15)10-3-1-2-4-11(10)20(18,19)16-7-5-9(17)6-8-16/h1-4H,5-8H2. The van der Waals surface area contributed by atoms with Gasteiger partial charge in [-0.15, -0.1) is 0 Å². The number of Topliss-reactive ketones (excluding diaryl/α,β-unsaturated/α-hetero) is 1. The molecule has 0 bridgehead atoms. The quantitative estimate of drug-likeness (QED) is 0.840. The molecule has 0 unspecified atom stereocenters. The van der Waals surface area contributed by atoms with Crippen LogP contribution in [0.5, 0.6) is 0 Å². The second-order valence-electron chi connectivity index (χ2n) is 4.44. The van der Waals surface area contributed by atoms with Crippen LogP contribution in [0.4, 0.5) is 13.2 Å². The van der Waals surface area contributed by atoms with E-state index in [1.807, 2.05) is 0 Å². The van der Waals surface area contributed by atoms with Gasteiger partial charge in [-0.05, 0) is 12.1 Å². The van der Waals surface area contributed by atoms with Gasteiger partial charge in [-0.1, -0.05) is 12.1 Å². The maximum absolute atomic E-state index is 12.9. The molecule has 1 aromatic rings. The molecular formula is C12H12F3NO3S. The lowest BCUT2D eigenvalue weighted by Crippen LogP contribution is -2.39. The van der Waals surface area contributed by atoms with Gasteiger partial charge in [-0.2, -0.15) is 17.5 Å². The van der Waals surface area contributed by atoms with Gasteiger partial charge in [0.15, 0.2) is 0 Å². The molecule has 8 heteroatoms. The highest BCUT2D eigenvalue weighted by molar-refractivity contribution is 7.89. The van der Waals surface area contributed by atoms with Gasteiger partial charge in [0.05, 0.1) is 10.5 Å². The number of carbonyl (C=O) groups excluding carboxylic acids is 1. The number of alkyl halides is 3. The van der Waals surface area contributed by atoms with Crippen LogP contribution < -0.4 is 0 Å². The number of sulfonamides is 1. The molecule has 1 aliphatic rings. The number of hydrogen-bond acceptors (Lipinski definition) is 3. The normalized spacial score (nSPS) is 18.2. The largest absolute Gasteiger partial charge is 0.417 e. The molecule has 20 heavy (non-hydrogen) atoms. The van der Waals surface area contributed by atoms with E-state index in [4.69, 9.17) is 0 Å². The van der Waals surface area contributed by atoms with E-state index in [2.05, 4.69) is 0 Å². The second-order valence-corrected chi connectivity index (χ2v) is 6.34. The fourth-order valence-electron chi connectivity index (χ4n) is 2.04. The zero-order valence-corrected chi connectivity index (χ0v) is 11.2. The molecule has 0 amide bonds. The van der Waals surface area contributed by atoms with Gasteiger partial charge in [0.25, 0.3) is 0 Å². The van der Waals surface area contributed by atoms with Crippen LogP contribution in [0.3, 0.4) is 0 Å². The third-order valence-electron chi connectivity index (χ3n) is 3.09. The third-order valence-corrected chi connectivity index (χ3v) is 5.05. The van der Waals surface area contributed by atoms with Crippen LogP contribution in [-0.2, 0) is 21.0 Å². The molecule has 0 radical (unpaired) electrons. The number of ketones is 1. The number of benzene rings is 1. The van der Waals surface area contributed by atoms with Gasteiger partial charge >= 0.3 is 6.18 Å². The van der Waals surface area contributed by atoms with E-state index in [1.54, 1.807) is 0 Å². The Morgan fingerprint density at radius 3 is 2.15 bits per heavy atom. The zero-order valence-electron chi connectivity index (χ0n) is 10.4. The molecule has 0 atom stereocenters. The molecule has 1 heterocycles. The minimum Gasteiger partial charge on any atom is -0.300 e. The molecule has 0 N–H and O–H groups in total. The molecule has 0 saturated carbocycles. The van der Waals surface area contributed by atoms with Crippen LogP contribution in [0, 0.1) is 0 Å². The Hall–Kier alpha value is -1.41. The molecule has 1 fully saturated rings. The summed E-state index contributed by atoms with van der Waals surface area (Å²) in [5.74, 6) is -0.0828. The number of halogens is 3. The summed E-state index contributed by atoms with van der Waals surface area (Å²) in [6, 6.07) is 4.06. The number of hydrogen-bond donors (Lipinski definition) is 0. The monoisotopic (exact) mass is 307 g/mol. The number of piperidine rings is 1. The maximum atomic E-state index is 12.9. The lowest BCUT2D eigenvalue weighted by atomic mass is 10.1. The number of rotatable bonds is 2. The first-order chi connectivity index (χ1) is 9.23. The molecule has 2 rings (SSSR count). The fourth-order valence-corrected chi connectivity index (χ4v) is 3.69. The van der Waals surface area contributed by atoms with Gasteiger partial charge in [0.1, 0.15) is 5.78 Å². The fraction of sp³-hybridized carbons (Fsp3) is 0.417. The van der Waals surface area contributed by atoms with E-state index in [0.717, 1.165) is 22.5 Å². The van der Waals surface area contributed by atoms with Gasteiger partial charge in [-0.3, -0.25) is 4.79 Å². The smallest absolute Gasteiger partial charge is 0.300 e. The SMILES string of the molecule is O=C1CCN(S(=O)(=O)c2ccccc2C(F)(F)F)CC1. The first-order valence-corrected chi connectivity index (χ1v) is 7.35. The van der Waals surface area contributed by atoms with Crippen LogP contribution in [-0.4, -0.2) is 31.6 Å². The summed E-state index contributed by atoms with van der Waals surface area (Å²) in [5, 5.41) is 0. The Morgan fingerprint density at radius 2 is 1.60 bits per heavy atom. The van der Waals surface area contributed by atoms with Crippen molar-refractivity contribution in [2.24, 2.45) is 0 Å². The Balaban J connectivity index is 2.43. The van der Waals surface area contributed by atoms with Crippen molar-refractivity contribution in [3.8, 4) is 0 Å². The van der Waals surface area contributed by atoms with Crippen molar-refractivity contribution in [1.82, 2.24) is 4.31 Å². The summed E-state index contributed by atoms with van der Waals surface area (Å²) in [5.41, 5.74) is -1.18. The average molecular weight is 307 g/mol. The minimum atomic E-state index is -4.74. The highest BCUT2D eigenvalue weighted by Gasteiger charge is 2.39. The predicted octanol–water partition coefficient (Wildman–Crippen LogP) is 2.06. The van der Waals surface area contributed by atoms with E-state index < -0.39 is 26.7 Å². The molecule has 1 saturated heterocycles. The van der Waals surface area contributed by atoms with E-state index in [-0.39, 0.29) is 31.7 Å². The predicted molar refractivity (Wildman–Crippen MR) is 64.4 cm³/mol. The van der Waals surface area contributed by atoms with Crippen molar-refractivity contribution >= 4 is 15.8 Å². The zero-order chi connectivity index (χ0) is 15.0. The van der Waals surface area contributed by atoms with Crippen molar-refractivity contribution in [1.29, 1.82) is 0 Å². The lowest BCUT2D eigenvalue weighted by Gasteiger charge is -2.26. The van der Waals surface area contributed by atoms with Crippen LogP contribution in [0.15, 0.2) is 29.2 Å². The van der Waals surface area contributed by atoms with E-state index in [9.17, 15) is 26.4 Å². The topological polar surface area (TPSA) is 54.5 Å². The number of nitrogens with zero attached hydrogens (tertiary/aromatic N) is 1. The molecular weight excluding hydrogens is 295 g/mol. The molecule has 0 aromatic heterocycles. The van der Waals surface area contributed by atoms with Gasteiger partial charge in [0.2, 0.25) is 10.0 Å². The molecule has 0 spiro atoms. The summed E-state index contributed by atoms with van der Waals surface area (Å²) >= 11 is 0. The summed E-state index contributed by atoms with van der Waals surface area (Å²) in [7, 11) is -4.24. The lowest BCUT2D eigenvalue weighted by molar-refractivity contribution is -0.140. The Kier molecular flexibility index (Phi) is 3.88. The highest BCUT2D eigenvalue weighted by atomic mass is 32.2. The summed E-state index contributed by atoms with van der Waals surface area (Å²) in [6.07, 6.45) is -4.67. The Bertz CT molecular complexity index is 615. The first kappa shape index (κ1) is 15.0. The van der Waals surface area contributed by atoms with Crippen LogP contribution >= 0.6 is 0 Å². The second kappa shape index (κ2) is 5.17. The van der Waals surface area contributed by atoms with Gasteiger partial charge in [-0.25, -0.2) is 8.42 Å². The average Bonchev–Trinajstić information content (AvgIpc) is 2.38. The summed E-state index contributed by atoms with van der Waals surface area (Å²) in [4.78, 5) is 10.3. The molecule has 4 nitrogen and oxygen atoms in total. The molecule has 0 aliphatic carbocycles. The minimum absolute atomic E-state index is 0.0351. The number of carbonyl (C=O) groups is 1. The highest BCUT2D eigenvalue weighted by Crippen LogP contribution is 2.35. The Labute approximate surface area is 114 Å². The maximum Gasteiger partial charge on any atom is 0.417 e.